The number of ether oxygens (including phenoxy) is 1. The molecule has 23 heavy (non-hydrogen) atoms. The molecule has 2 heterocycles. The maximum atomic E-state index is 11.4. The molecule has 6 nitrogen and oxygen atoms in total. The van der Waals surface area contributed by atoms with Gasteiger partial charge in [0.25, 0.3) is 0 Å². The van der Waals surface area contributed by atoms with Crippen molar-refractivity contribution in [2.24, 2.45) is 0 Å². The van der Waals surface area contributed by atoms with Crippen LogP contribution in [-0.2, 0) is 4.74 Å². The zero-order valence-corrected chi connectivity index (χ0v) is 13.2. The van der Waals surface area contributed by atoms with Crippen molar-refractivity contribution in [3.63, 3.8) is 0 Å². The van der Waals surface area contributed by atoms with Crippen molar-refractivity contribution >= 4 is 23.4 Å². The van der Waals surface area contributed by atoms with Crippen molar-refractivity contribution in [2.75, 3.05) is 30.4 Å². The van der Waals surface area contributed by atoms with Gasteiger partial charge in [-0.15, -0.1) is 0 Å². The second kappa shape index (κ2) is 7.09. The maximum absolute atomic E-state index is 11.4. The molecule has 1 aromatic carbocycles. The highest BCUT2D eigenvalue weighted by Gasteiger charge is 2.13. The SMILES string of the molecule is COC(=O)c1ccc(Nc2nccc(N3CCCCC3)n2)cc1. The first-order valence-electron chi connectivity index (χ1n) is 7.79. The first-order valence-corrected chi connectivity index (χ1v) is 7.79. The number of hydrogen-bond donors (Lipinski definition) is 1. The number of benzene rings is 1. The summed E-state index contributed by atoms with van der Waals surface area (Å²) in [5.74, 6) is 1.16. The van der Waals surface area contributed by atoms with Crippen molar-refractivity contribution in [1.82, 2.24) is 9.97 Å². The van der Waals surface area contributed by atoms with Crippen LogP contribution < -0.4 is 10.2 Å². The molecule has 1 aromatic heterocycles. The lowest BCUT2D eigenvalue weighted by Gasteiger charge is -2.27. The lowest BCUT2D eigenvalue weighted by Crippen LogP contribution is -2.30. The number of nitrogens with zero attached hydrogens (tertiary/aromatic N) is 3. The van der Waals surface area contributed by atoms with Gasteiger partial charge in [-0.3, -0.25) is 0 Å². The van der Waals surface area contributed by atoms with E-state index >= 15 is 0 Å². The Balaban J connectivity index is 1.71. The molecule has 2 aromatic rings. The average molecular weight is 312 g/mol. The van der Waals surface area contributed by atoms with E-state index in [1.165, 1.54) is 26.4 Å². The van der Waals surface area contributed by atoms with Gasteiger partial charge in [0.05, 0.1) is 12.7 Å². The largest absolute Gasteiger partial charge is 0.465 e. The Hall–Kier alpha value is -2.63. The Morgan fingerprint density at radius 3 is 2.57 bits per heavy atom. The maximum Gasteiger partial charge on any atom is 0.337 e. The molecule has 3 rings (SSSR count). The summed E-state index contributed by atoms with van der Waals surface area (Å²) in [7, 11) is 1.37. The molecule has 1 N–H and O–H groups in total. The van der Waals surface area contributed by atoms with Crippen LogP contribution in [0.15, 0.2) is 36.5 Å². The van der Waals surface area contributed by atoms with Crippen LogP contribution >= 0.6 is 0 Å². The Bertz CT molecular complexity index is 667. The molecule has 0 radical (unpaired) electrons. The summed E-state index contributed by atoms with van der Waals surface area (Å²) < 4.78 is 4.69. The molecule has 1 aliphatic rings. The zero-order chi connectivity index (χ0) is 16.1. The zero-order valence-electron chi connectivity index (χ0n) is 13.2. The van der Waals surface area contributed by atoms with Crippen LogP contribution in [0.4, 0.5) is 17.5 Å². The summed E-state index contributed by atoms with van der Waals surface area (Å²) in [6, 6.07) is 8.98. The molecule has 0 atom stereocenters. The molecule has 0 bridgehead atoms. The number of piperidine rings is 1. The summed E-state index contributed by atoms with van der Waals surface area (Å²) >= 11 is 0. The molecule has 0 saturated carbocycles. The number of aromatic nitrogens is 2. The third-order valence-corrected chi connectivity index (χ3v) is 3.88. The molecular formula is C17H20N4O2. The molecule has 0 unspecified atom stereocenters. The fraction of sp³-hybridized carbons (Fsp3) is 0.353. The van der Waals surface area contributed by atoms with E-state index in [0.29, 0.717) is 11.5 Å². The summed E-state index contributed by atoms with van der Waals surface area (Å²) in [5, 5.41) is 3.17. The van der Waals surface area contributed by atoms with Gasteiger partial charge in [-0.25, -0.2) is 9.78 Å². The highest BCUT2D eigenvalue weighted by molar-refractivity contribution is 5.89. The van der Waals surface area contributed by atoms with E-state index in [-0.39, 0.29) is 5.97 Å². The third-order valence-electron chi connectivity index (χ3n) is 3.88. The molecule has 0 amide bonds. The molecule has 1 aliphatic heterocycles. The number of methoxy groups -OCH3 is 1. The summed E-state index contributed by atoms with van der Waals surface area (Å²) in [4.78, 5) is 22.6. The Morgan fingerprint density at radius 2 is 1.87 bits per heavy atom. The number of esters is 1. The highest BCUT2D eigenvalue weighted by atomic mass is 16.5. The molecule has 6 heteroatoms. The second-order valence-electron chi connectivity index (χ2n) is 5.48. The number of carbonyl (C=O) groups is 1. The van der Waals surface area contributed by atoms with Gasteiger partial charge in [0.1, 0.15) is 5.82 Å². The van der Waals surface area contributed by atoms with E-state index < -0.39 is 0 Å². The minimum atomic E-state index is -0.347. The van der Waals surface area contributed by atoms with Gasteiger partial charge in [-0.2, -0.15) is 4.98 Å². The van der Waals surface area contributed by atoms with Crippen LogP contribution in [0, 0.1) is 0 Å². The Kier molecular flexibility index (Phi) is 4.71. The van der Waals surface area contributed by atoms with Crippen molar-refractivity contribution in [1.29, 1.82) is 0 Å². The van der Waals surface area contributed by atoms with Crippen molar-refractivity contribution < 1.29 is 9.53 Å². The quantitative estimate of drug-likeness (QED) is 0.875. The summed E-state index contributed by atoms with van der Waals surface area (Å²) in [5.41, 5.74) is 1.34. The topological polar surface area (TPSA) is 67.3 Å². The lowest BCUT2D eigenvalue weighted by atomic mass is 10.1. The Labute approximate surface area is 135 Å². The molecule has 1 fully saturated rings. The third kappa shape index (κ3) is 3.77. The molecule has 1 saturated heterocycles. The molecule has 120 valence electrons. The smallest absolute Gasteiger partial charge is 0.337 e. The predicted octanol–water partition coefficient (Wildman–Crippen LogP) is 3.00. The van der Waals surface area contributed by atoms with Crippen LogP contribution in [0.2, 0.25) is 0 Å². The predicted molar refractivity (Wildman–Crippen MR) is 89.2 cm³/mol. The molecule has 0 aliphatic carbocycles. The summed E-state index contributed by atoms with van der Waals surface area (Å²) in [6.45, 7) is 2.09. The van der Waals surface area contributed by atoms with Gasteiger partial charge in [-0.1, -0.05) is 0 Å². The molecular weight excluding hydrogens is 292 g/mol. The monoisotopic (exact) mass is 312 g/mol. The van der Waals surface area contributed by atoms with Gasteiger partial charge < -0.3 is 15.0 Å². The van der Waals surface area contributed by atoms with Gasteiger partial charge in [0.15, 0.2) is 0 Å². The average Bonchev–Trinajstić information content (AvgIpc) is 2.63. The van der Waals surface area contributed by atoms with E-state index in [9.17, 15) is 4.79 Å². The van der Waals surface area contributed by atoms with Crippen LogP contribution in [0.5, 0.6) is 0 Å². The van der Waals surface area contributed by atoms with E-state index in [1.54, 1.807) is 18.3 Å². The fourth-order valence-corrected chi connectivity index (χ4v) is 2.65. The van der Waals surface area contributed by atoms with Gasteiger partial charge >= 0.3 is 5.97 Å². The number of anilines is 3. The first-order chi connectivity index (χ1) is 11.3. The minimum absolute atomic E-state index is 0.347. The van der Waals surface area contributed by atoms with E-state index in [0.717, 1.165) is 24.6 Å². The van der Waals surface area contributed by atoms with E-state index in [2.05, 4.69) is 24.9 Å². The van der Waals surface area contributed by atoms with Crippen LogP contribution in [0.25, 0.3) is 0 Å². The number of rotatable bonds is 4. The number of nitrogens with one attached hydrogen (secondary N) is 1. The van der Waals surface area contributed by atoms with Crippen LogP contribution in [0.3, 0.4) is 0 Å². The number of hydrogen-bond acceptors (Lipinski definition) is 6. The van der Waals surface area contributed by atoms with Crippen molar-refractivity contribution in [3.05, 3.63) is 42.1 Å². The summed E-state index contributed by atoms with van der Waals surface area (Å²) in [6.07, 6.45) is 5.48. The van der Waals surface area contributed by atoms with Crippen molar-refractivity contribution in [3.8, 4) is 0 Å². The molecule has 0 spiro atoms. The standard InChI is InChI=1S/C17H20N4O2/c1-23-16(22)13-5-7-14(8-6-13)19-17-18-10-9-15(20-17)21-11-3-2-4-12-21/h5-10H,2-4,11-12H2,1H3,(H,18,19,20). The second-order valence-corrected chi connectivity index (χ2v) is 5.48. The number of carbonyl (C=O) groups excluding carboxylic acids is 1. The lowest BCUT2D eigenvalue weighted by molar-refractivity contribution is 0.0601. The van der Waals surface area contributed by atoms with Gasteiger partial charge in [0.2, 0.25) is 5.95 Å². The van der Waals surface area contributed by atoms with Crippen LogP contribution in [0.1, 0.15) is 29.6 Å². The van der Waals surface area contributed by atoms with E-state index in [4.69, 9.17) is 0 Å². The van der Waals surface area contributed by atoms with Gasteiger partial charge in [-0.05, 0) is 49.6 Å². The highest BCUT2D eigenvalue weighted by Crippen LogP contribution is 2.20. The van der Waals surface area contributed by atoms with Crippen molar-refractivity contribution in [2.45, 2.75) is 19.3 Å². The van der Waals surface area contributed by atoms with Crippen LogP contribution in [-0.4, -0.2) is 36.1 Å². The minimum Gasteiger partial charge on any atom is -0.465 e. The Morgan fingerprint density at radius 1 is 1.13 bits per heavy atom. The van der Waals surface area contributed by atoms with Gasteiger partial charge in [0, 0.05) is 25.0 Å². The van der Waals surface area contributed by atoms with E-state index in [1.807, 2.05) is 18.2 Å². The fourth-order valence-electron chi connectivity index (χ4n) is 2.65. The first kappa shape index (κ1) is 15.3. The normalized spacial score (nSPS) is 14.4.